The molecule has 3 N–H and O–H groups in total. The van der Waals surface area contributed by atoms with Crippen molar-refractivity contribution in [3.63, 3.8) is 0 Å². The summed E-state index contributed by atoms with van der Waals surface area (Å²) < 4.78 is 12.6. The lowest BCUT2D eigenvalue weighted by molar-refractivity contribution is -0.134. The van der Waals surface area contributed by atoms with E-state index >= 15 is 0 Å². The Hall–Kier alpha value is -1.30. The Balaban J connectivity index is 2.85. The fourth-order valence-corrected chi connectivity index (χ4v) is 0.874. The Morgan fingerprint density at radius 3 is 2.77 bits per heavy atom. The maximum Gasteiger partial charge on any atom is 0.291 e. The van der Waals surface area contributed by atoms with Gasteiger partial charge in [-0.1, -0.05) is 6.92 Å². The highest BCUT2D eigenvalue weighted by Crippen LogP contribution is 2.03. The van der Waals surface area contributed by atoms with Crippen LogP contribution in [0.25, 0.3) is 0 Å². The molecule has 72 valence electrons. The van der Waals surface area contributed by atoms with Gasteiger partial charge in [0.25, 0.3) is 18.0 Å². The van der Waals surface area contributed by atoms with Crippen LogP contribution >= 0.6 is 0 Å². The predicted molar refractivity (Wildman–Crippen MR) is 43.7 cm³/mol. The number of aliphatic imine (C=N–C) groups is 1. The summed E-state index contributed by atoms with van der Waals surface area (Å²) in [5.41, 5.74) is 5.50. The number of carbonyl (C=O) groups is 2. The first-order chi connectivity index (χ1) is 6.06. The summed E-state index contributed by atoms with van der Waals surface area (Å²) in [6.07, 6.45) is -1.67. The zero-order valence-electron chi connectivity index (χ0n) is 7.08. The molecule has 2 atom stereocenters. The second-order valence-electron chi connectivity index (χ2n) is 2.70. The quantitative estimate of drug-likeness (QED) is 0.550. The second kappa shape index (κ2) is 3.61. The van der Waals surface area contributed by atoms with E-state index in [0.717, 1.165) is 0 Å². The third-order valence-electron chi connectivity index (χ3n) is 1.72. The van der Waals surface area contributed by atoms with Gasteiger partial charge in [-0.2, -0.15) is 4.99 Å². The summed E-state index contributed by atoms with van der Waals surface area (Å²) in [6.45, 7) is 1.77. The number of halogens is 1. The molecular weight excluding hydrogens is 177 g/mol. The molecule has 0 fully saturated rings. The molecule has 1 aliphatic rings. The smallest absolute Gasteiger partial charge is 0.291 e. The number of amides is 2. The first-order valence-corrected chi connectivity index (χ1v) is 3.89. The van der Waals surface area contributed by atoms with Crippen molar-refractivity contribution < 1.29 is 14.0 Å². The molecule has 0 saturated heterocycles. The highest BCUT2D eigenvalue weighted by molar-refractivity contribution is 6.18. The summed E-state index contributed by atoms with van der Waals surface area (Å²) in [4.78, 5) is 24.9. The molecule has 0 aromatic heterocycles. The monoisotopic (exact) mass is 187 g/mol. The Morgan fingerprint density at radius 1 is 1.69 bits per heavy atom. The van der Waals surface area contributed by atoms with E-state index in [9.17, 15) is 14.0 Å². The van der Waals surface area contributed by atoms with Gasteiger partial charge in [-0.15, -0.1) is 0 Å². The SMILES string of the molecule is CCC(N)C1=NC(=O)C(F)C(=O)N1. The molecule has 0 bridgehead atoms. The van der Waals surface area contributed by atoms with E-state index in [0.29, 0.717) is 6.42 Å². The zero-order chi connectivity index (χ0) is 10.0. The van der Waals surface area contributed by atoms with E-state index in [1.54, 1.807) is 6.92 Å². The van der Waals surface area contributed by atoms with Gasteiger partial charge in [0.2, 0.25) is 0 Å². The van der Waals surface area contributed by atoms with Crippen molar-refractivity contribution in [3.05, 3.63) is 0 Å². The van der Waals surface area contributed by atoms with Crippen LogP contribution in [0.15, 0.2) is 4.99 Å². The lowest BCUT2D eigenvalue weighted by Gasteiger charge is -2.18. The van der Waals surface area contributed by atoms with Gasteiger partial charge in [0.1, 0.15) is 5.84 Å². The molecule has 2 amide bonds. The van der Waals surface area contributed by atoms with E-state index in [1.807, 2.05) is 0 Å². The third-order valence-corrected chi connectivity index (χ3v) is 1.72. The minimum atomic E-state index is -2.19. The normalized spacial score (nSPS) is 25.2. The van der Waals surface area contributed by atoms with Crippen LogP contribution in [0.5, 0.6) is 0 Å². The number of nitrogens with zero attached hydrogens (tertiary/aromatic N) is 1. The van der Waals surface area contributed by atoms with Crippen molar-refractivity contribution in [2.75, 3.05) is 0 Å². The lowest BCUT2D eigenvalue weighted by atomic mass is 10.2. The molecule has 0 spiro atoms. The van der Waals surface area contributed by atoms with Gasteiger partial charge in [0.05, 0.1) is 6.04 Å². The maximum absolute atomic E-state index is 12.6. The number of nitrogens with two attached hydrogens (primary N) is 1. The van der Waals surface area contributed by atoms with E-state index in [4.69, 9.17) is 5.73 Å². The van der Waals surface area contributed by atoms with Gasteiger partial charge in [-0.3, -0.25) is 9.59 Å². The van der Waals surface area contributed by atoms with E-state index in [2.05, 4.69) is 10.3 Å². The molecule has 0 aliphatic carbocycles. The molecule has 0 saturated carbocycles. The molecule has 13 heavy (non-hydrogen) atoms. The Kier molecular flexibility index (Phi) is 2.72. The zero-order valence-corrected chi connectivity index (χ0v) is 7.08. The van der Waals surface area contributed by atoms with Crippen molar-refractivity contribution in [1.29, 1.82) is 0 Å². The third kappa shape index (κ3) is 1.89. The van der Waals surface area contributed by atoms with Gasteiger partial charge in [-0.05, 0) is 6.42 Å². The van der Waals surface area contributed by atoms with Crippen LogP contribution in [0.1, 0.15) is 13.3 Å². The van der Waals surface area contributed by atoms with Crippen molar-refractivity contribution in [1.82, 2.24) is 5.32 Å². The minimum Gasteiger partial charge on any atom is -0.321 e. The van der Waals surface area contributed by atoms with Crippen molar-refractivity contribution in [2.45, 2.75) is 25.6 Å². The number of amidine groups is 1. The molecule has 6 heteroatoms. The summed E-state index contributed by atoms with van der Waals surface area (Å²) >= 11 is 0. The minimum absolute atomic E-state index is 0.0476. The van der Waals surface area contributed by atoms with Gasteiger partial charge in [-0.25, -0.2) is 4.39 Å². The van der Waals surface area contributed by atoms with Gasteiger partial charge < -0.3 is 11.1 Å². The maximum atomic E-state index is 12.6. The largest absolute Gasteiger partial charge is 0.321 e. The fourth-order valence-electron chi connectivity index (χ4n) is 0.874. The number of hydrogen-bond donors (Lipinski definition) is 2. The topological polar surface area (TPSA) is 84.5 Å². The molecule has 0 aromatic rings. The Bertz CT molecular complexity index is 277. The highest BCUT2D eigenvalue weighted by Gasteiger charge is 2.32. The van der Waals surface area contributed by atoms with Crippen LogP contribution in [-0.4, -0.2) is 29.9 Å². The van der Waals surface area contributed by atoms with Gasteiger partial charge >= 0.3 is 0 Å². The first kappa shape index (κ1) is 9.79. The molecule has 1 aliphatic heterocycles. The molecular formula is C7H10FN3O2. The van der Waals surface area contributed by atoms with Gasteiger partial charge in [0, 0.05) is 0 Å². The van der Waals surface area contributed by atoms with Crippen LogP contribution in [0, 0.1) is 0 Å². The van der Waals surface area contributed by atoms with E-state index in [1.165, 1.54) is 0 Å². The van der Waals surface area contributed by atoms with Crippen molar-refractivity contribution in [3.8, 4) is 0 Å². The average Bonchev–Trinajstić information content (AvgIpc) is 2.12. The molecule has 0 aromatic carbocycles. The Morgan fingerprint density at radius 2 is 2.31 bits per heavy atom. The molecule has 1 heterocycles. The van der Waals surface area contributed by atoms with E-state index in [-0.39, 0.29) is 5.84 Å². The van der Waals surface area contributed by atoms with Crippen LogP contribution in [0.4, 0.5) is 4.39 Å². The number of alkyl halides is 1. The highest BCUT2D eigenvalue weighted by atomic mass is 19.1. The predicted octanol–water partition coefficient (Wildman–Crippen LogP) is -0.883. The second-order valence-corrected chi connectivity index (χ2v) is 2.70. The van der Waals surface area contributed by atoms with Crippen LogP contribution in [0.2, 0.25) is 0 Å². The van der Waals surface area contributed by atoms with Crippen LogP contribution in [-0.2, 0) is 9.59 Å². The van der Waals surface area contributed by atoms with E-state index < -0.39 is 24.0 Å². The fraction of sp³-hybridized carbons (Fsp3) is 0.571. The Labute approximate surface area is 74.2 Å². The van der Waals surface area contributed by atoms with Crippen LogP contribution in [0.3, 0.4) is 0 Å². The molecule has 5 nitrogen and oxygen atoms in total. The standard InChI is InChI=1S/C7H10FN3O2/c1-2-3(9)5-10-6(12)4(8)7(13)11-5/h3-4H,2,9H2,1H3,(H,10,11,12,13). The van der Waals surface area contributed by atoms with Crippen molar-refractivity contribution in [2.24, 2.45) is 10.7 Å². The molecule has 2 unspecified atom stereocenters. The number of nitrogens with one attached hydrogen (secondary N) is 1. The number of hydrogen-bond acceptors (Lipinski definition) is 3. The van der Waals surface area contributed by atoms with Gasteiger partial charge in [0.15, 0.2) is 0 Å². The molecule has 1 rings (SSSR count). The molecule has 0 radical (unpaired) electrons. The van der Waals surface area contributed by atoms with Crippen LogP contribution < -0.4 is 11.1 Å². The van der Waals surface area contributed by atoms with Crippen molar-refractivity contribution >= 4 is 17.6 Å². The lowest BCUT2D eigenvalue weighted by Crippen LogP contribution is -2.51. The summed E-state index contributed by atoms with van der Waals surface area (Å²) in [7, 11) is 0. The summed E-state index contributed by atoms with van der Waals surface area (Å²) in [6, 6.07) is -0.527. The summed E-state index contributed by atoms with van der Waals surface area (Å²) in [5, 5.41) is 2.14. The average molecular weight is 187 g/mol. The first-order valence-electron chi connectivity index (χ1n) is 3.89. The number of carbonyl (C=O) groups excluding carboxylic acids is 2. The summed E-state index contributed by atoms with van der Waals surface area (Å²) in [5.74, 6) is -2.02. The number of rotatable bonds is 2.